The first-order valence-corrected chi connectivity index (χ1v) is 6.02. The fourth-order valence-electron chi connectivity index (χ4n) is 2.08. The zero-order valence-electron chi connectivity index (χ0n) is 11.1. The minimum absolute atomic E-state index is 0.133. The molecule has 0 aliphatic heterocycles. The Morgan fingerprint density at radius 2 is 1.50 bits per heavy atom. The van der Waals surface area contributed by atoms with Gasteiger partial charge in [0.2, 0.25) is 0 Å². The molecule has 0 aromatic heterocycles. The predicted molar refractivity (Wildman–Crippen MR) is 70.2 cm³/mol. The Bertz CT molecular complexity index is 616. The third kappa shape index (κ3) is 2.77. The molecule has 5 heteroatoms. The summed E-state index contributed by atoms with van der Waals surface area (Å²) in [6.07, 6.45) is 0. The van der Waals surface area contributed by atoms with Crippen LogP contribution in [-0.4, -0.2) is 14.2 Å². The smallest absolute Gasteiger partial charge is 0.165 e. The van der Waals surface area contributed by atoms with E-state index in [4.69, 9.17) is 4.74 Å². The minimum Gasteiger partial charge on any atom is -0.494 e. The normalized spacial score (nSPS) is 12.2. The van der Waals surface area contributed by atoms with Crippen LogP contribution in [0.25, 0.3) is 0 Å². The van der Waals surface area contributed by atoms with Gasteiger partial charge in [-0.3, -0.25) is 0 Å². The second-order valence-corrected chi connectivity index (χ2v) is 4.29. The Kier molecular flexibility index (Phi) is 4.29. The van der Waals surface area contributed by atoms with Crippen molar-refractivity contribution in [1.29, 1.82) is 0 Å². The van der Waals surface area contributed by atoms with E-state index < -0.39 is 23.5 Å². The number of benzene rings is 2. The molecule has 2 rings (SSSR count). The molecule has 0 bridgehead atoms. The number of halogens is 3. The molecule has 0 heterocycles. The van der Waals surface area contributed by atoms with Gasteiger partial charge in [-0.05, 0) is 42.4 Å². The summed E-state index contributed by atoms with van der Waals surface area (Å²) in [6.45, 7) is 0. The first-order valence-electron chi connectivity index (χ1n) is 6.02. The highest BCUT2D eigenvalue weighted by atomic mass is 19.2. The highest BCUT2D eigenvalue weighted by molar-refractivity contribution is 5.36. The van der Waals surface area contributed by atoms with Crippen LogP contribution in [0, 0.1) is 17.5 Å². The fourth-order valence-corrected chi connectivity index (χ4v) is 2.08. The Balaban J connectivity index is 2.41. The number of nitrogens with one attached hydrogen (secondary N) is 1. The summed E-state index contributed by atoms with van der Waals surface area (Å²) in [4.78, 5) is 0. The Morgan fingerprint density at radius 3 is 2.00 bits per heavy atom. The summed E-state index contributed by atoms with van der Waals surface area (Å²) >= 11 is 0. The zero-order chi connectivity index (χ0) is 14.7. The number of ether oxygens (including phenoxy) is 1. The van der Waals surface area contributed by atoms with Crippen LogP contribution in [0.4, 0.5) is 13.2 Å². The average molecular weight is 281 g/mol. The van der Waals surface area contributed by atoms with Crippen molar-refractivity contribution in [2.75, 3.05) is 14.2 Å². The molecule has 0 saturated heterocycles. The fraction of sp³-hybridized carbons (Fsp3) is 0.200. The largest absolute Gasteiger partial charge is 0.494 e. The Morgan fingerprint density at radius 1 is 0.900 bits per heavy atom. The maximum atomic E-state index is 13.7. The van der Waals surface area contributed by atoms with Crippen LogP contribution in [0.5, 0.6) is 5.75 Å². The van der Waals surface area contributed by atoms with E-state index in [1.807, 2.05) is 0 Å². The van der Waals surface area contributed by atoms with Crippen LogP contribution < -0.4 is 10.1 Å². The van der Waals surface area contributed by atoms with Gasteiger partial charge in [0.15, 0.2) is 23.2 Å². The van der Waals surface area contributed by atoms with E-state index in [0.29, 0.717) is 11.1 Å². The van der Waals surface area contributed by atoms with Crippen molar-refractivity contribution in [2.24, 2.45) is 0 Å². The minimum atomic E-state index is -0.934. The summed E-state index contributed by atoms with van der Waals surface area (Å²) in [6, 6.07) is 7.64. The van der Waals surface area contributed by atoms with E-state index >= 15 is 0 Å². The molecule has 1 N–H and O–H groups in total. The number of hydrogen-bond acceptors (Lipinski definition) is 2. The molecular formula is C15H14F3NO. The lowest BCUT2D eigenvalue weighted by atomic mass is 9.98. The molecule has 20 heavy (non-hydrogen) atoms. The second kappa shape index (κ2) is 5.96. The molecule has 0 fully saturated rings. The van der Waals surface area contributed by atoms with Crippen molar-refractivity contribution in [3.05, 3.63) is 65.0 Å². The predicted octanol–water partition coefficient (Wildman–Crippen LogP) is 3.42. The van der Waals surface area contributed by atoms with Crippen LogP contribution in [0.2, 0.25) is 0 Å². The van der Waals surface area contributed by atoms with Gasteiger partial charge in [-0.1, -0.05) is 12.1 Å². The zero-order valence-corrected chi connectivity index (χ0v) is 11.1. The number of rotatable bonds is 4. The molecule has 0 aliphatic rings. The van der Waals surface area contributed by atoms with Gasteiger partial charge in [0, 0.05) is 0 Å². The van der Waals surface area contributed by atoms with E-state index in [2.05, 4.69) is 5.32 Å². The quantitative estimate of drug-likeness (QED) is 0.927. The van der Waals surface area contributed by atoms with Crippen LogP contribution in [-0.2, 0) is 0 Å². The maximum Gasteiger partial charge on any atom is 0.165 e. The third-order valence-electron chi connectivity index (χ3n) is 3.07. The topological polar surface area (TPSA) is 21.3 Å². The lowest BCUT2D eigenvalue weighted by Gasteiger charge is -2.18. The van der Waals surface area contributed by atoms with E-state index in [1.165, 1.54) is 25.3 Å². The first-order chi connectivity index (χ1) is 9.56. The Labute approximate surface area is 115 Å². The van der Waals surface area contributed by atoms with E-state index in [1.54, 1.807) is 13.1 Å². The maximum absolute atomic E-state index is 13.7. The van der Waals surface area contributed by atoms with Gasteiger partial charge >= 0.3 is 0 Å². The summed E-state index contributed by atoms with van der Waals surface area (Å²) in [7, 11) is 3.04. The molecule has 1 unspecified atom stereocenters. The Hall–Kier alpha value is -2.01. The van der Waals surface area contributed by atoms with Crippen molar-refractivity contribution >= 4 is 0 Å². The molecular weight excluding hydrogens is 267 g/mol. The molecule has 2 aromatic carbocycles. The molecule has 0 amide bonds. The summed E-state index contributed by atoms with van der Waals surface area (Å²) < 4.78 is 44.8. The van der Waals surface area contributed by atoms with Crippen molar-refractivity contribution in [1.82, 2.24) is 5.32 Å². The van der Waals surface area contributed by atoms with Gasteiger partial charge in [-0.15, -0.1) is 0 Å². The van der Waals surface area contributed by atoms with Gasteiger partial charge in [0.1, 0.15) is 0 Å². The molecule has 2 nitrogen and oxygen atoms in total. The van der Waals surface area contributed by atoms with Crippen molar-refractivity contribution in [3.63, 3.8) is 0 Å². The lowest BCUT2D eigenvalue weighted by molar-refractivity contribution is 0.386. The van der Waals surface area contributed by atoms with Gasteiger partial charge in [-0.25, -0.2) is 13.2 Å². The average Bonchev–Trinajstić information content (AvgIpc) is 2.44. The molecule has 1 atom stereocenters. The van der Waals surface area contributed by atoms with Crippen LogP contribution in [0.15, 0.2) is 36.4 Å². The molecule has 0 radical (unpaired) electrons. The van der Waals surface area contributed by atoms with E-state index in [0.717, 1.165) is 12.1 Å². The third-order valence-corrected chi connectivity index (χ3v) is 3.07. The van der Waals surface area contributed by atoms with Gasteiger partial charge in [0.25, 0.3) is 0 Å². The summed E-state index contributed by atoms with van der Waals surface area (Å²) in [5, 5.41) is 2.95. The highest BCUT2D eigenvalue weighted by Gasteiger charge is 2.16. The van der Waals surface area contributed by atoms with Crippen LogP contribution in [0.3, 0.4) is 0 Å². The van der Waals surface area contributed by atoms with Crippen molar-refractivity contribution < 1.29 is 17.9 Å². The first kappa shape index (κ1) is 14.4. The second-order valence-electron chi connectivity index (χ2n) is 4.29. The molecule has 0 spiro atoms. The SMILES string of the molecule is CNC(c1ccc(F)c(F)c1)c1ccc(OC)c(F)c1. The lowest BCUT2D eigenvalue weighted by Crippen LogP contribution is -2.18. The van der Waals surface area contributed by atoms with E-state index in [9.17, 15) is 13.2 Å². The van der Waals surface area contributed by atoms with Crippen molar-refractivity contribution in [3.8, 4) is 5.75 Å². The van der Waals surface area contributed by atoms with Crippen molar-refractivity contribution in [2.45, 2.75) is 6.04 Å². The number of methoxy groups -OCH3 is 1. The van der Waals surface area contributed by atoms with E-state index in [-0.39, 0.29) is 5.75 Å². The summed E-state index contributed by atoms with van der Waals surface area (Å²) in [5.41, 5.74) is 1.10. The van der Waals surface area contributed by atoms with Gasteiger partial charge in [0.05, 0.1) is 13.2 Å². The molecule has 0 aliphatic carbocycles. The number of hydrogen-bond donors (Lipinski definition) is 1. The van der Waals surface area contributed by atoms with Crippen LogP contribution >= 0.6 is 0 Å². The van der Waals surface area contributed by atoms with Crippen LogP contribution in [0.1, 0.15) is 17.2 Å². The standard InChI is InChI=1S/C15H14F3NO/c1-19-15(9-3-5-11(16)12(17)7-9)10-4-6-14(20-2)13(18)8-10/h3-8,15,19H,1-2H3. The monoisotopic (exact) mass is 281 g/mol. The summed E-state index contributed by atoms with van der Waals surface area (Å²) in [5.74, 6) is -2.22. The molecule has 106 valence electrons. The van der Waals surface area contributed by atoms with Gasteiger partial charge in [-0.2, -0.15) is 0 Å². The highest BCUT2D eigenvalue weighted by Crippen LogP contribution is 2.27. The molecule has 2 aromatic rings. The van der Waals surface area contributed by atoms with Gasteiger partial charge < -0.3 is 10.1 Å². The molecule has 0 saturated carbocycles.